The van der Waals surface area contributed by atoms with Crippen molar-refractivity contribution in [3.05, 3.63) is 23.3 Å². The molecule has 0 saturated carbocycles. The van der Waals surface area contributed by atoms with Gasteiger partial charge in [-0.3, -0.25) is 4.79 Å². The second-order valence-electron chi connectivity index (χ2n) is 3.26. The molecule has 0 aliphatic heterocycles. The summed E-state index contributed by atoms with van der Waals surface area (Å²) in [7, 11) is 0. The third-order valence-electron chi connectivity index (χ3n) is 1.77. The summed E-state index contributed by atoms with van der Waals surface area (Å²) in [6.07, 6.45) is -4.67. The monoisotopic (exact) mass is 248 g/mol. The number of halogens is 3. The molecule has 5 nitrogen and oxygen atoms in total. The van der Waals surface area contributed by atoms with Crippen molar-refractivity contribution in [3.8, 4) is 0 Å². The van der Waals surface area contributed by atoms with Crippen LogP contribution >= 0.6 is 0 Å². The highest BCUT2D eigenvalue weighted by atomic mass is 19.4. The first-order valence-electron chi connectivity index (χ1n) is 4.75. The van der Waals surface area contributed by atoms with Gasteiger partial charge >= 0.3 is 6.18 Å². The van der Waals surface area contributed by atoms with Crippen molar-refractivity contribution in [1.29, 1.82) is 0 Å². The third-order valence-corrected chi connectivity index (χ3v) is 1.77. The molecule has 17 heavy (non-hydrogen) atoms. The van der Waals surface area contributed by atoms with E-state index in [2.05, 4.69) is 15.3 Å². The van der Waals surface area contributed by atoms with Crippen LogP contribution in [-0.4, -0.2) is 29.0 Å². The topological polar surface area (TPSA) is 80.9 Å². The fourth-order valence-electron chi connectivity index (χ4n) is 1.09. The van der Waals surface area contributed by atoms with Crippen molar-refractivity contribution < 1.29 is 18.0 Å². The maximum Gasteiger partial charge on any atom is 0.451 e. The molecule has 0 fully saturated rings. The molecular weight excluding hydrogens is 237 g/mol. The average Bonchev–Trinajstić information content (AvgIpc) is 2.23. The van der Waals surface area contributed by atoms with E-state index in [1.54, 1.807) is 0 Å². The van der Waals surface area contributed by atoms with Gasteiger partial charge < -0.3 is 11.1 Å². The van der Waals surface area contributed by atoms with Crippen LogP contribution in [0, 0.1) is 6.92 Å². The van der Waals surface area contributed by atoms with E-state index in [0.717, 1.165) is 0 Å². The summed E-state index contributed by atoms with van der Waals surface area (Å²) in [6, 6.07) is 1.18. The van der Waals surface area contributed by atoms with Gasteiger partial charge in [-0.1, -0.05) is 0 Å². The lowest BCUT2D eigenvalue weighted by atomic mass is 10.3. The number of nitrogens with zero attached hydrogens (tertiary/aromatic N) is 2. The number of amides is 1. The summed E-state index contributed by atoms with van der Waals surface area (Å²) < 4.78 is 37.2. The zero-order chi connectivity index (χ0) is 13.1. The van der Waals surface area contributed by atoms with E-state index in [1.165, 1.54) is 13.0 Å². The molecule has 8 heteroatoms. The predicted octanol–water partition coefficient (Wildman–Crippen LogP) is 0.492. The van der Waals surface area contributed by atoms with E-state index in [4.69, 9.17) is 5.73 Å². The minimum absolute atomic E-state index is 0.0743. The summed E-state index contributed by atoms with van der Waals surface area (Å²) in [5.74, 6) is -2.03. The molecule has 0 aromatic carbocycles. The maximum atomic E-state index is 12.4. The van der Waals surface area contributed by atoms with Crippen LogP contribution in [0.1, 0.15) is 22.0 Å². The van der Waals surface area contributed by atoms with E-state index < -0.39 is 17.9 Å². The van der Waals surface area contributed by atoms with Crippen LogP contribution in [-0.2, 0) is 6.18 Å². The predicted molar refractivity (Wildman–Crippen MR) is 53.2 cm³/mol. The van der Waals surface area contributed by atoms with Crippen LogP contribution < -0.4 is 11.1 Å². The summed E-state index contributed by atoms with van der Waals surface area (Å²) in [4.78, 5) is 17.8. The number of aromatic nitrogens is 2. The number of rotatable bonds is 3. The zero-order valence-corrected chi connectivity index (χ0v) is 9.01. The SMILES string of the molecule is Cc1cc(C(=O)NCCN)nc(C(F)(F)F)n1. The van der Waals surface area contributed by atoms with Crippen molar-refractivity contribution in [2.24, 2.45) is 5.73 Å². The van der Waals surface area contributed by atoms with Crippen molar-refractivity contribution in [3.63, 3.8) is 0 Å². The Labute approximate surface area is 95.2 Å². The number of carbonyl (C=O) groups is 1. The van der Waals surface area contributed by atoms with Gasteiger partial charge in [-0.15, -0.1) is 0 Å². The Morgan fingerprint density at radius 3 is 2.65 bits per heavy atom. The second kappa shape index (κ2) is 5.09. The lowest BCUT2D eigenvalue weighted by Gasteiger charge is -2.08. The fraction of sp³-hybridized carbons (Fsp3) is 0.444. The highest BCUT2D eigenvalue weighted by Crippen LogP contribution is 2.26. The highest BCUT2D eigenvalue weighted by Gasteiger charge is 2.35. The van der Waals surface area contributed by atoms with Gasteiger partial charge in [0.05, 0.1) is 0 Å². The van der Waals surface area contributed by atoms with E-state index in [0.29, 0.717) is 0 Å². The number of hydrogen-bond acceptors (Lipinski definition) is 4. The van der Waals surface area contributed by atoms with E-state index in [1.807, 2.05) is 0 Å². The number of aryl methyl sites for hydroxylation is 1. The molecular formula is C9H11F3N4O. The summed E-state index contributed by atoms with van der Waals surface area (Å²) in [6.45, 7) is 1.72. The van der Waals surface area contributed by atoms with Gasteiger partial charge in [0.2, 0.25) is 5.82 Å². The molecule has 3 N–H and O–H groups in total. The van der Waals surface area contributed by atoms with E-state index in [-0.39, 0.29) is 24.5 Å². The van der Waals surface area contributed by atoms with Crippen LogP contribution in [0.4, 0.5) is 13.2 Å². The fourth-order valence-corrected chi connectivity index (χ4v) is 1.09. The number of nitrogens with one attached hydrogen (secondary N) is 1. The van der Waals surface area contributed by atoms with Gasteiger partial charge in [0.25, 0.3) is 5.91 Å². The molecule has 0 atom stereocenters. The van der Waals surface area contributed by atoms with Crippen LogP contribution in [0.3, 0.4) is 0 Å². The maximum absolute atomic E-state index is 12.4. The molecule has 0 aliphatic carbocycles. The Morgan fingerprint density at radius 1 is 1.47 bits per heavy atom. The molecule has 1 amide bonds. The number of alkyl halides is 3. The average molecular weight is 248 g/mol. The first-order chi connectivity index (χ1) is 7.84. The lowest BCUT2D eigenvalue weighted by molar-refractivity contribution is -0.145. The Balaban J connectivity index is 3.01. The minimum Gasteiger partial charge on any atom is -0.349 e. The minimum atomic E-state index is -4.67. The van der Waals surface area contributed by atoms with Gasteiger partial charge in [-0.05, 0) is 13.0 Å². The van der Waals surface area contributed by atoms with E-state index in [9.17, 15) is 18.0 Å². The van der Waals surface area contributed by atoms with Crippen molar-refractivity contribution >= 4 is 5.91 Å². The van der Waals surface area contributed by atoms with Gasteiger partial charge in [0.15, 0.2) is 0 Å². The lowest BCUT2D eigenvalue weighted by Crippen LogP contribution is -2.30. The largest absolute Gasteiger partial charge is 0.451 e. The molecule has 1 rings (SSSR count). The van der Waals surface area contributed by atoms with Crippen LogP contribution in [0.25, 0.3) is 0 Å². The van der Waals surface area contributed by atoms with Gasteiger partial charge in [0.1, 0.15) is 5.69 Å². The standard InChI is InChI=1S/C9H11F3N4O/c1-5-4-6(7(17)14-3-2-13)16-8(15-5)9(10,11)12/h4H,2-3,13H2,1H3,(H,14,17). The Bertz CT molecular complexity index is 419. The number of hydrogen-bond donors (Lipinski definition) is 2. The molecule has 1 heterocycles. The molecule has 0 saturated heterocycles. The summed E-state index contributed by atoms with van der Waals surface area (Å²) in [5, 5.41) is 2.33. The third kappa shape index (κ3) is 3.66. The molecule has 94 valence electrons. The van der Waals surface area contributed by atoms with E-state index >= 15 is 0 Å². The smallest absolute Gasteiger partial charge is 0.349 e. The van der Waals surface area contributed by atoms with Crippen molar-refractivity contribution in [2.75, 3.05) is 13.1 Å². The van der Waals surface area contributed by atoms with Crippen molar-refractivity contribution in [1.82, 2.24) is 15.3 Å². The Morgan fingerprint density at radius 2 is 2.12 bits per heavy atom. The summed E-state index contributed by atoms with van der Waals surface area (Å²) >= 11 is 0. The van der Waals surface area contributed by atoms with Gasteiger partial charge in [-0.25, -0.2) is 9.97 Å². The molecule has 0 bridgehead atoms. The molecule has 1 aromatic heterocycles. The Kier molecular flexibility index (Phi) is 4.00. The normalized spacial score (nSPS) is 11.4. The van der Waals surface area contributed by atoms with Gasteiger partial charge in [0, 0.05) is 18.8 Å². The Hall–Kier alpha value is -1.70. The van der Waals surface area contributed by atoms with Crippen LogP contribution in [0.15, 0.2) is 6.07 Å². The first-order valence-corrected chi connectivity index (χ1v) is 4.75. The number of carbonyl (C=O) groups excluding carboxylic acids is 1. The summed E-state index contributed by atoms with van der Waals surface area (Å²) in [5.41, 5.74) is 4.91. The van der Waals surface area contributed by atoms with Gasteiger partial charge in [-0.2, -0.15) is 13.2 Å². The molecule has 0 spiro atoms. The van der Waals surface area contributed by atoms with Crippen molar-refractivity contribution in [2.45, 2.75) is 13.1 Å². The van der Waals surface area contributed by atoms with Crippen LogP contribution in [0.2, 0.25) is 0 Å². The first kappa shape index (κ1) is 13.4. The quantitative estimate of drug-likeness (QED) is 0.815. The molecule has 0 aliphatic rings. The highest BCUT2D eigenvalue weighted by molar-refractivity contribution is 5.92. The molecule has 0 radical (unpaired) electrons. The van der Waals surface area contributed by atoms with Crippen LogP contribution in [0.5, 0.6) is 0 Å². The number of nitrogens with two attached hydrogens (primary N) is 1. The second-order valence-corrected chi connectivity index (χ2v) is 3.26. The molecule has 0 unspecified atom stereocenters. The zero-order valence-electron chi connectivity index (χ0n) is 9.01. The molecule has 1 aromatic rings.